The summed E-state index contributed by atoms with van der Waals surface area (Å²) in [5.41, 5.74) is -0.651. The summed E-state index contributed by atoms with van der Waals surface area (Å²) in [6.07, 6.45) is 1.40. The lowest BCUT2D eigenvalue weighted by Crippen LogP contribution is -2.19. The molecule has 0 amide bonds. The van der Waals surface area contributed by atoms with Crippen LogP contribution in [0.15, 0.2) is 12.3 Å². The molecule has 18 heavy (non-hydrogen) atoms. The smallest absolute Gasteiger partial charge is 0.339 e. The van der Waals surface area contributed by atoms with Gasteiger partial charge in [-0.05, 0) is 13.3 Å². The van der Waals surface area contributed by atoms with Crippen molar-refractivity contribution in [2.75, 3.05) is 11.9 Å². The van der Waals surface area contributed by atoms with E-state index < -0.39 is 10.9 Å². The highest BCUT2D eigenvalue weighted by molar-refractivity contribution is 5.93. The summed E-state index contributed by atoms with van der Waals surface area (Å²) >= 11 is 0. The first-order valence-corrected chi connectivity index (χ1v) is 5.20. The van der Waals surface area contributed by atoms with Crippen LogP contribution in [0.3, 0.4) is 0 Å². The van der Waals surface area contributed by atoms with Crippen LogP contribution in [0.2, 0.25) is 0 Å². The molecule has 0 aliphatic heterocycles. The van der Waals surface area contributed by atoms with E-state index in [1.54, 1.807) is 6.92 Å². The number of hydrogen-bond donors (Lipinski definition) is 3. The van der Waals surface area contributed by atoms with Crippen LogP contribution in [-0.4, -0.2) is 38.7 Å². The van der Waals surface area contributed by atoms with E-state index in [0.29, 0.717) is 6.42 Å². The maximum Gasteiger partial charge on any atom is 0.339 e. The topological polar surface area (TPSA) is 126 Å². The third-order valence-corrected chi connectivity index (χ3v) is 2.26. The van der Waals surface area contributed by atoms with E-state index in [9.17, 15) is 14.9 Å². The summed E-state index contributed by atoms with van der Waals surface area (Å²) < 4.78 is 0. The Bertz CT molecular complexity index is 463. The van der Waals surface area contributed by atoms with Gasteiger partial charge in [0.1, 0.15) is 17.6 Å². The first-order valence-electron chi connectivity index (χ1n) is 5.20. The highest BCUT2D eigenvalue weighted by Crippen LogP contribution is 2.20. The molecule has 0 spiro atoms. The average Bonchev–Trinajstić information content (AvgIpc) is 2.29. The fraction of sp³-hybridized carbons (Fsp3) is 0.400. The lowest BCUT2D eigenvalue weighted by Gasteiger charge is -2.14. The Balaban J connectivity index is 3.04. The molecule has 0 fully saturated rings. The predicted molar refractivity (Wildman–Crippen MR) is 62.6 cm³/mol. The van der Waals surface area contributed by atoms with Crippen LogP contribution < -0.4 is 5.32 Å². The first kappa shape index (κ1) is 13.8. The number of anilines is 1. The highest BCUT2D eigenvalue weighted by atomic mass is 16.6. The normalized spacial score (nSPS) is 11.9. The van der Waals surface area contributed by atoms with Gasteiger partial charge in [0.15, 0.2) is 0 Å². The van der Waals surface area contributed by atoms with Crippen LogP contribution in [0.1, 0.15) is 23.7 Å². The zero-order chi connectivity index (χ0) is 13.7. The fourth-order valence-electron chi connectivity index (χ4n) is 1.33. The number of aliphatic hydroxyl groups excluding tert-OH is 1. The van der Waals surface area contributed by atoms with E-state index in [4.69, 9.17) is 10.2 Å². The summed E-state index contributed by atoms with van der Waals surface area (Å²) in [6.45, 7) is 1.69. The Hall–Kier alpha value is -2.22. The Labute approximate surface area is 102 Å². The van der Waals surface area contributed by atoms with Gasteiger partial charge in [-0.1, -0.05) is 0 Å². The number of aromatic carboxylic acids is 1. The van der Waals surface area contributed by atoms with E-state index in [1.165, 1.54) is 0 Å². The van der Waals surface area contributed by atoms with Crippen LogP contribution >= 0.6 is 0 Å². The number of aromatic nitrogens is 1. The van der Waals surface area contributed by atoms with E-state index in [0.717, 1.165) is 12.3 Å². The van der Waals surface area contributed by atoms with Crippen LogP contribution in [-0.2, 0) is 0 Å². The summed E-state index contributed by atoms with van der Waals surface area (Å²) in [5.74, 6) is -1.25. The predicted octanol–water partition coefficient (Wildman–Crippen LogP) is 0.871. The van der Waals surface area contributed by atoms with Gasteiger partial charge in [0, 0.05) is 18.7 Å². The van der Waals surface area contributed by atoms with Gasteiger partial charge in [-0.25, -0.2) is 9.78 Å². The molecule has 1 heterocycles. The molecule has 1 aromatic rings. The number of pyridine rings is 1. The SMILES string of the molecule is CC(CCO)Nc1ncc([N+](=O)[O-])cc1C(=O)O. The fourth-order valence-corrected chi connectivity index (χ4v) is 1.33. The number of nitro groups is 1. The number of carboxylic acid groups (broad SMARTS) is 1. The number of carboxylic acids is 1. The molecule has 8 nitrogen and oxygen atoms in total. The maximum absolute atomic E-state index is 11.0. The summed E-state index contributed by atoms with van der Waals surface area (Å²) in [4.78, 5) is 24.5. The van der Waals surface area contributed by atoms with Crippen molar-refractivity contribution in [1.82, 2.24) is 4.98 Å². The second-order valence-corrected chi connectivity index (χ2v) is 3.71. The molecule has 1 aromatic heterocycles. The molecule has 1 unspecified atom stereocenters. The zero-order valence-corrected chi connectivity index (χ0v) is 9.66. The Morgan fingerprint density at radius 3 is 2.83 bits per heavy atom. The molecule has 0 aliphatic carbocycles. The lowest BCUT2D eigenvalue weighted by atomic mass is 10.2. The molecule has 3 N–H and O–H groups in total. The zero-order valence-electron chi connectivity index (χ0n) is 9.66. The van der Waals surface area contributed by atoms with Gasteiger partial charge in [0.2, 0.25) is 0 Å². The van der Waals surface area contributed by atoms with Crippen molar-refractivity contribution in [3.05, 3.63) is 27.9 Å². The van der Waals surface area contributed by atoms with Gasteiger partial charge < -0.3 is 15.5 Å². The van der Waals surface area contributed by atoms with Crippen molar-refractivity contribution < 1.29 is 19.9 Å². The van der Waals surface area contributed by atoms with Crippen LogP contribution in [0.4, 0.5) is 11.5 Å². The molecule has 1 atom stereocenters. The summed E-state index contributed by atoms with van der Waals surface area (Å²) in [5, 5.41) is 31.0. The molecule has 0 bridgehead atoms. The largest absolute Gasteiger partial charge is 0.478 e. The van der Waals surface area contributed by atoms with Crippen molar-refractivity contribution in [1.29, 1.82) is 0 Å². The van der Waals surface area contributed by atoms with E-state index in [2.05, 4.69) is 10.3 Å². The number of rotatable bonds is 6. The minimum Gasteiger partial charge on any atom is -0.478 e. The first-order chi connectivity index (χ1) is 8.45. The highest BCUT2D eigenvalue weighted by Gasteiger charge is 2.18. The summed E-state index contributed by atoms with van der Waals surface area (Å²) in [7, 11) is 0. The Kier molecular flexibility index (Phi) is 4.55. The van der Waals surface area contributed by atoms with Crippen molar-refractivity contribution in [2.24, 2.45) is 0 Å². The molecule has 98 valence electrons. The molecular weight excluding hydrogens is 242 g/mol. The van der Waals surface area contributed by atoms with Gasteiger partial charge in [0.25, 0.3) is 5.69 Å². The quantitative estimate of drug-likeness (QED) is 0.508. The molecule has 0 aromatic carbocycles. The second-order valence-electron chi connectivity index (χ2n) is 3.71. The third-order valence-electron chi connectivity index (χ3n) is 2.26. The van der Waals surface area contributed by atoms with E-state index in [1.807, 2.05) is 0 Å². The van der Waals surface area contributed by atoms with Crippen LogP contribution in [0.25, 0.3) is 0 Å². The van der Waals surface area contributed by atoms with Gasteiger partial charge >= 0.3 is 5.97 Å². The lowest BCUT2D eigenvalue weighted by molar-refractivity contribution is -0.385. The second kappa shape index (κ2) is 5.92. The summed E-state index contributed by atoms with van der Waals surface area (Å²) in [6, 6.07) is 0.755. The van der Waals surface area contributed by atoms with Gasteiger partial charge in [-0.2, -0.15) is 0 Å². The molecule has 0 saturated carbocycles. The van der Waals surface area contributed by atoms with Crippen LogP contribution in [0, 0.1) is 10.1 Å². The number of aliphatic hydroxyl groups is 1. The van der Waals surface area contributed by atoms with Crippen molar-refractivity contribution >= 4 is 17.5 Å². The molecule has 1 rings (SSSR count). The minimum absolute atomic E-state index is 0.0500. The van der Waals surface area contributed by atoms with Crippen molar-refractivity contribution in [3.63, 3.8) is 0 Å². The number of hydrogen-bond acceptors (Lipinski definition) is 6. The van der Waals surface area contributed by atoms with Crippen molar-refractivity contribution in [3.8, 4) is 0 Å². The Morgan fingerprint density at radius 2 is 2.33 bits per heavy atom. The van der Waals surface area contributed by atoms with Gasteiger partial charge in [-0.3, -0.25) is 10.1 Å². The maximum atomic E-state index is 11.0. The average molecular weight is 255 g/mol. The number of carbonyl (C=O) groups is 1. The standard InChI is InChI=1S/C10H13N3O5/c1-6(2-3-14)12-9-8(10(15)16)4-7(5-11-9)13(17)18/h4-6,14H,2-3H2,1H3,(H,11,12)(H,15,16). The minimum atomic E-state index is -1.30. The van der Waals surface area contributed by atoms with Gasteiger partial charge in [0.05, 0.1) is 4.92 Å². The monoisotopic (exact) mass is 255 g/mol. The molecule has 8 heteroatoms. The molecule has 0 saturated heterocycles. The van der Waals surface area contributed by atoms with Crippen molar-refractivity contribution in [2.45, 2.75) is 19.4 Å². The van der Waals surface area contributed by atoms with E-state index in [-0.39, 0.29) is 29.7 Å². The van der Waals surface area contributed by atoms with E-state index >= 15 is 0 Å². The number of nitrogens with zero attached hydrogens (tertiary/aromatic N) is 2. The molecular formula is C10H13N3O5. The third kappa shape index (κ3) is 3.39. The Morgan fingerprint density at radius 1 is 1.67 bits per heavy atom. The number of nitrogens with one attached hydrogen (secondary N) is 1. The molecule has 0 aliphatic rings. The van der Waals surface area contributed by atoms with Gasteiger partial charge in [-0.15, -0.1) is 0 Å². The molecule has 0 radical (unpaired) electrons. The van der Waals surface area contributed by atoms with Crippen LogP contribution in [0.5, 0.6) is 0 Å².